The van der Waals surface area contributed by atoms with Crippen LogP contribution in [-0.2, 0) is 0 Å². The minimum Gasteiger partial charge on any atom is -0.337 e. The zero-order chi connectivity index (χ0) is 13.1. The fourth-order valence-electron chi connectivity index (χ4n) is 3.30. The first-order chi connectivity index (χ1) is 9.33. The van der Waals surface area contributed by atoms with E-state index in [9.17, 15) is 0 Å². The van der Waals surface area contributed by atoms with Gasteiger partial charge in [-0.15, -0.1) is 0 Å². The average molecular weight is 260 g/mol. The van der Waals surface area contributed by atoms with Crippen molar-refractivity contribution in [1.82, 2.24) is 14.9 Å². The highest BCUT2D eigenvalue weighted by molar-refractivity contribution is 5.33. The summed E-state index contributed by atoms with van der Waals surface area (Å²) in [6.45, 7) is 6.90. The van der Waals surface area contributed by atoms with E-state index in [-0.39, 0.29) is 0 Å². The molecular formula is C15H24N4. The van der Waals surface area contributed by atoms with Gasteiger partial charge in [0, 0.05) is 31.0 Å². The molecule has 4 nitrogen and oxygen atoms in total. The average Bonchev–Trinajstić information content (AvgIpc) is 2.88. The zero-order valence-corrected chi connectivity index (χ0v) is 11.9. The molecule has 1 aromatic heterocycles. The SMILES string of the molecule is Cc1ccnc(N2CCC[C@H]2CN2CCCCC2)n1. The van der Waals surface area contributed by atoms with Gasteiger partial charge in [0.25, 0.3) is 0 Å². The van der Waals surface area contributed by atoms with E-state index >= 15 is 0 Å². The number of aromatic nitrogens is 2. The van der Waals surface area contributed by atoms with E-state index < -0.39 is 0 Å². The molecule has 0 bridgehead atoms. The smallest absolute Gasteiger partial charge is 0.225 e. The lowest BCUT2D eigenvalue weighted by molar-refractivity contribution is 0.216. The topological polar surface area (TPSA) is 32.3 Å². The van der Waals surface area contributed by atoms with Gasteiger partial charge in [0.2, 0.25) is 5.95 Å². The van der Waals surface area contributed by atoms with E-state index in [2.05, 4.69) is 19.8 Å². The van der Waals surface area contributed by atoms with Crippen molar-refractivity contribution in [1.29, 1.82) is 0 Å². The molecule has 3 heterocycles. The second-order valence-electron chi connectivity index (χ2n) is 5.85. The van der Waals surface area contributed by atoms with Gasteiger partial charge in [0.15, 0.2) is 0 Å². The van der Waals surface area contributed by atoms with Gasteiger partial charge in [-0.3, -0.25) is 0 Å². The summed E-state index contributed by atoms with van der Waals surface area (Å²) in [5.41, 5.74) is 1.06. The molecule has 2 saturated heterocycles. The molecule has 104 valence electrons. The zero-order valence-electron chi connectivity index (χ0n) is 11.9. The molecule has 0 spiro atoms. The van der Waals surface area contributed by atoms with Gasteiger partial charge in [-0.25, -0.2) is 9.97 Å². The Labute approximate surface area is 115 Å². The van der Waals surface area contributed by atoms with Crippen LogP contribution >= 0.6 is 0 Å². The Morgan fingerprint density at radius 3 is 2.79 bits per heavy atom. The molecule has 0 unspecified atom stereocenters. The number of anilines is 1. The molecule has 4 heteroatoms. The molecule has 0 N–H and O–H groups in total. The van der Waals surface area contributed by atoms with Gasteiger partial charge in [-0.1, -0.05) is 6.42 Å². The van der Waals surface area contributed by atoms with E-state index in [0.29, 0.717) is 6.04 Å². The van der Waals surface area contributed by atoms with Gasteiger partial charge in [-0.05, 0) is 51.8 Å². The number of aryl methyl sites for hydroxylation is 1. The molecule has 2 aliphatic heterocycles. The molecule has 0 radical (unpaired) electrons. The minimum atomic E-state index is 0.611. The molecular weight excluding hydrogens is 236 g/mol. The molecule has 2 fully saturated rings. The van der Waals surface area contributed by atoms with Crippen molar-refractivity contribution in [2.45, 2.75) is 45.1 Å². The predicted molar refractivity (Wildman–Crippen MR) is 77.4 cm³/mol. The van der Waals surface area contributed by atoms with Crippen LogP contribution in [0.4, 0.5) is 5.95 Å². The summed E-state index contributed by atoms with van der Waals surface area (Å²) in [5.74, 6) is 0.930. The van der Waals surface area contributed by atoms with Crippen LogP contribution in [0.5, 0.6) is 0 Å². The number of rotatable bonds is 3. The number of nitrogens with zero attached hydrogens (tertiary/aromatic N) is 4. The van der Waals surface area contributed by atoms with Gasteiger partial charge in [-0.2, -0.15) is 0 Å². The monoisotopic (exact) mass is 260 g/mol. The van der Waals surface area contributed by atoms with Crippen LogP contribution in [0.25, 0.3) is 0 Å². The maximum atomic E-state index is 4.59. The van der Waals surface area contributed by atoms with Crippen molar-refractivity contribution in [3.8, 4) is 0 Å². The van der Waals surface area contributed by atoms with Crippen molar-refractivity contribution >= 4 is 5.95 Å². The van der Waals surface area contributed by atoms with Crippen LogP contribution in [0, 0.1) is 6.92 Å². The molecule has 3 rings (SSSR count). The Bertz CT molecular complexity index is 414. The number of hydrogen-bond acceptors (Lipinski definition) is 4. The van der Waals surface area contributed by atoms with Crippen LogP contribution in [0.1, 0.15) is 37.8 Å². The van der Waals surface area contributed by atoms with Gasteiger partial charge >= 0.3 is 0 Å². The number of hydrogen-bond donors (Lipinski definition) is 0. The summed E-state index contributed by atoms with van der Waals surface area (Å²) in [6, 6.07) is 2.58. The second kappa shape index (κ2) is 5.87. The van der Waals surface area contributed by atoms with Crippen LogP contribution in [0.15, 0.2) is 12.3 Å². The van der Waals surface area contributed by atoms with Crippen LogP contribution in [-0.4, -0.2) is 47.1 Å². The van der Waals surface area contributed by atoms with Gasteiger partial charge in [0.1, 0.15) is 0 Å². The molecule has 19 heavy (non-hydrogen) atoms. The van der Waals surface area contributed by atoms with E-state index in [0.717, 1.165) is 18.2 Å². The van der Waals surface area contributed by atoms with Crippen molar-refractivity contribution in [2.75, 3.05) is 31.1 Å². The molecule has 0 amide bonds. The molecule has 0 saturated carbocycles. The normalized spacial score (nSPS) is 24.9. The predicted octanol–water partition coefficient (Wildman–Crippen LogP) is 2.24. The van der Waals surface area contributed by atoms with E-state index in [1.54, 1.807) is 0 Å². The van der Waals surface area contributed by atoms with Crippen LogP contribution in [0.3, 0.4) is 0 Å². The summed E-state index contributed by atoms with van der Waals surface area (Å²) >= 11 is 0. The molecule has 0 aromatic carbocycles. The van der Waals surface area contributed by atoms with Gasteiger partial charge < -0.3 is 9.80 Å². The van der Waals surface area contributed by atoms with Crippen LogP contribution in [0.2, 0.25) is 0 Å². The summed E-state index contributed by atoms with van der Waals surface area (Å²) in [6.07, 6.45) is 8.59. The Hall–Kier alpha value is -1.16. The van der Waals surface area contributed by atoms with Crippen molar-refractivity contribution in [3.63, 3.8) is 0 Å². The fraction of sp³-hybridized carbons (Fsp3) is 0.733. The summed E-state index contributed by atoms with van der Waals surface area (Å²) in [5, 5.41) is 0. The van der Waals surface area contributed by atoms with Crippen LogP contribution < -0.4 is 4.90 Å². The lowest BCUT2D eigenvalue weighted by Crippen LogP contribution is -2.43. The highest BCUT2D eigenvalue weighted by Crippen LogP contribution is 2.24. The lowest BCUT2D eigenvalue weighted by atomic mass is 10.1. The summed E-state index contributed by atoms with van der Waals surface area (Å²) in [4.78, 5) is 14.1. The maximum absolute atomic E-state index is 4.59. The van der Waals surface area contributed by atoms with Gasteiger partial charge in [0.05, 0.1) is 0 Å². The Morgan fingerprint density at radius 1 is 1.16 bits per heavy atom. The summed E-state index contributed by atoms with van der Waals surface area (Å²) in [7, 11) is 0. The second-order valence-corrected chi connectivity index (χ2v) is 5.85. The van der Waals surface area contributed by atoms with E-state index in [1.807, 2.05) is 19.2 Å². The maximum Gasteiger partial charge on any atom is 0.225 e. The van der Waals surface area contributed by atoms with E-state index in [4.69, 9.17) is 0 Å². The highest BCUT2D eigenvalue weighted by atomic mass is 15.3. The Kier molecular flexibility index (Phi) is 3.97. The number of likely N-dealkylation sites (tertiary alicyclic amines) is 1. The van der Waals surface area contributed by atoms with Crippen molar-refractivity contribution < 1.29 is 0 Å². The third kappa shape index (κ3) is 3.06. The first kappa shape index (κ1) is 12.9. The largest absolute Gasteiger partial charge is 0.337 e. The molecule has 2 aliphatic rings. The molecule has 1 aromatic rings. The quantitative estimate of drug-likeness (QED) is 0.834. The summed E-state index contributed by atoms with van der Waals surface area (Å²) < 4.78 is 0. The molecule has 1 atom stereocenters. The third-order valence-electron chi connectivity index (χ3n) is 4.33. The Balaban J connectivity index is 1.67. The molecule has 0 aliphatic carbocycles. The highest BCUT2D eigenvalue weighted by Gasteiger charge is 2.28. The standard InChI is InChI=1S/C15H24N4/c1-13-7-8-16-15(17-13)19-11-5-6-14(19)12-18-9-3-2-4-10-18/h7-8,14H,2-6,9-12H2,1H3/t14-/m0/s1. The van der Waals surface area contributed by atoms with E-state index in [1.165, 1.54) is 51.7 Å². The number of piperidine rings is 1. The Morgan fingerprint density at radius 2 is 2.00 bits per heavy atom. The lowest BCUT2D eigenvalue weighted by Gasteiger charge is -2.33. The third-order valence-corrected chi connectivity index (χ3v) is 4.33. The van der Waals surface area contributed by atoms with Crippen molar-refractivity contribution in [3.05, 3.63) is 18.0 Å². The minimum absolute atomic E-state index is 0.611. The fourth-order valence-corrected chi connectivity index (χ4v) is 3.30. The first-order valence-electron chi connectivity index (χ1n) is 7.61. The van der Waals surface area contributed by atoms with Crippen molar-refractivity contribution in [2.24, 2.45) is 0 Å². The first-order valence-corrected chi connectivity index (χ1v) is 7.61.